The molecular formula is C24H22F2O2. The largest absolute Gasteiger partial charge is 0.294 e. The summed E-state index contributed by atoms with van der Waals surface area (Å²) in [5.41, 5.74) is 0.597. The van der Waals surface area contributed by atoms with Crippen LogP contribution in [0.3, 0.4) is 0 Å². The SMILES string of the molecule is O=C(/C=C/c1ccccc1F)C(CC1CCC1)C(=O)/C=C/c1ccccc1F. The fourth-order valence-corrected chi connectivity index (χ4v) is 3.23. The van der Waals surface area contributed by atoms with Crippen LogP contribution in [0.2, 0.25) is 0 Å². The van der Waals surface area contributed by atoms with Crippen LogP contribution in [-0.4, -0.2) is 11.6 Å². The highest BCUT2D eigenvalue weighted by molar-refractivity contribution is 6.13. The van der Waals surface area contributed by atoms with E-state index in [0.29, 0.717) is 23.5 Å². The molecule has 1 aliphatic carbocycles. The minimum Gasteiger partial charge on any atom is -0.294 e. The topological polar surface area (TPSA) is 34.1 Å². The van der Waals surface area contributed by atoms with Crippen molar-refractivity contribution in [3.63, 3.8) is 0 Å². The third-order valence-electron chi connectivity index (χ3n) is 5.15. The number of rotatable bonds is 8. The molecule has 0 aliphatic heterocycles. The molecule has 144 valence electrons. The molecule has 3 rings (SSSR count). The monoisotopic (exact) mass is 380 g/mol. The number of halogens is 2. The molecule has 0 unspecified atom stereocenters. The summed E-state index contributed by atoms with van der Waals surface area (Å²) < 4.78 is 27.5. The Labute approximate surface area is 163 Å². The maximum absolute atomic E-state index is 13.7. The number of carbonyl (C=O) groups is 2. The van der Waals surface area contributed by atoms with Gasteiger partial charge in [0.05, 0.1) is 5.92 Å². The van der Waals surface area contributed by atoms with Crippen molar-refractivity contribution in [3.05, 3.63) is 83.4 Å². The van der Waals surface area contributed by atoms with Gasteiger partial charge in [-0.15, -0.1) is 0 Å². The van der Waals surface area contributed by atoms with Crippen molar-refractivity contribution >= 4 is 23.7 Å². The zero-order valence-corrected chi connectivity index (χ0v) is 15.5. The lowest BCUT2D eigenvalue weighted by Crippen LogP contribution is -2.26. The first-order valence-corrected chi connectivity index (χ1v) is 9.47. The van der Waals surface area contributed by atoms with Crippen LogP contribution in [-0.2, 0) is 9.59 Å². The van der Waals surface area contributed by atoms with Crippen LogP contribution < -0.4 is 0 Å². The molecule has 0 N–H and O–H groups in total. The highest BCUT2D eigenvalue weighted by Crippen LogP contribution is 2.33. The van der Waals surface area contributed by atoms with E-state index in [9.17, 15) is 18.4 Å². The number of hydrogen-bond acceptors (Lipinski definition) is 2. The van der Waals surface area contributed by atoms with Crippen molar-refractivity contribution < 1.29 is 18.4 Å². The van der Waals surface area contributed by atoms with Crippen LogP contribution in [0.5, 0.6) is 0 Å². The van der Waals surface area contributed by atoms with Gasteiger partial charge >= 0.3 is 0 Å². The van der Waals surface area contributed by atoms with Crippen molar-refractivity contribution in [1.29, 1.82) is 0 Å². The average molecular weight is 380 g/mol. The Bertz CT molecular complexity index is 843. The van der Waals surface area contributed by atoms with Crippen LogP contribution in [0, 0.1) is 23.5 Å². The Morgan fingerprint density at radius 1 is 0.857 bits per heavy atom. The van der Waals surface area contributed by atoms with E-state index in [4.69, 9.17) is 0 Å². The summed E-state index contributed by atoms with van der Waals surface area (Å²) >= 11 is 0. The van der Waals surface area contributed by atoms with Gasteiger partial charge in [-0.1, -0.05) is 55.7 Å². The standard InChI is InChI=1S/C24H22F2O2/c25-21-10-3-1-8-18(21)12-14-23(27)20(16-17-6-5-7-17)24(28)15-13-19-9-2-4-11-22(19)26/h1-4,8-15,17,20H,5-7,16H2/b14-12+,15-13+. The molecule has 2 aromatic rings. The van der Waals surface area contributed by atoms with E-state index in [1.807, 2.05) is 0 Å². The minimum absolute atomic E-state index is 0.299. The van der Waals surface area contributed by atoms with Gasteiger partial charge in [0.2, 0.25) is 0 Å². The maximum atomic E-state index is 13.7. The lowest BCUT2D eigenvalue weighted by molar-refractivity contribution is -0.128. The van der Waals surface area contributed by atoms with E-state index in [-0.39, 0.29) is 11.6 Å². The number of allylic oxidation sites excluding steroid dienone is 2. The van der Waals surface area contributed by atoms with E-state index in [2.05, 4.69) is 0 Å². The lowest BCUT2D eigenvalue weighted by atomic mass is 9.76. The third kappa shape index (κ3) is 5.10. The van der Waals surface area contributed by atoms with E-state index >= 15 is 0 Å². The Morgan fingerprint density at radius 3 is 1.71 bits per heavy atom. The van der Waals surface area contributed by atoms with Crippen molar-refractivity contribution in [1.82, 2.24) is 0 Å². The molecule has 1 saturated carbocycles. The van der Waals surface area contributed by atoms with E-state index in [0.717, 1.165) is 19.3 Å². The van der Waals surface area contributed by atoms with E-state index in [1.165, 1.54) is 36.4 Å². The summed E-state index contributed by atoms with van der Waals surface area (Å²) in [4.78, 5) is 25.4. The van der Waals surface area contributed by atoms with Crippen molar-refractivity contribution in [2.45, 2.75) is 25.7 Å². The van der Waals surface area contributed by atoms with E-state index < -0.39 is 17.6 Å². The van der Waals surface area contributed by atoms with Gasteiger partial charge in [0.1, 0.15) is 11.6 Å². The van der Waals surface area contributed by atoms with Gasteiger partial charge in [0.15, 0.2) is 11.6 Å². The number of hydrogen-bond donors (Lipinski definition) is 0. The molecule has 0 spiro atoms. The summed E-state index contributed by atoms with van der Waals surface area (Å²) in [6.07, 6.45) is 8.94. The summed E-state index contributed by atoms with van der Waals surface area (Å²) in [6, 6.07) is 12.3. The molecule has 2 aromatic carbocycles. The third-order valence-corrected chi connectivity index (χ3v) is 5.15. The molecule has 1 aliphatic rings. The van der Waals surface area contributed by atoms with Crippen LogP contribution in [0.4, 0.5) is 8.78 Å². The summed E-state index contributed by atoms with van der Waals surface area (Å²) in [6.45, 7) is 0. The first kappa shape index (κ1) is 19.9. The van der Waals surface area contributed by atoms with Crippen molar-refractivity contribution in [2.24, 2.45) is 11.8 Å². The number of benzene rings is 2. The van der Waals surface area contributed by atoms with Gasteiger partial charge in [0.25, 0.3) is 0 Å². The molecule has 0 amide bonds. The Morgan fingerprint density at radius 2 is 1.32 bits per heavy atom. The number of ketones is 2. The summed E-state index contributed by atoms with van der Waals surface area (Å²) in [5.74, 6) is -2.02. The Hall–Kier alpha value is -2.88. The molecule has 4 heteroatoms. The second-order valence-electron chi connectivity index (χ2n) is 7.10. The molecule has 0 atom stereocenters. The Balaban J connectivity index is 1.75. The fraction of sp³-hybridized carbons (Fsp3) is 0.250. The zero-order valence-electron chi connectivity index (χ0n) is 15.5. The Kier molecular flexibility index (Phi) is 6.64. The zero-order chi connectivity index (χ0) is 19.9. The van der Waals surface area contributed by atoms with Gasteiger partial charge < -0.3 is 0 Å². The van der Waals surface area contributed by atoms with Crippen LogP contribution in [0.25, 0.3) is 12.2 Å². The highest BCUT2D eigenvalue weighted by atomic mass is 19.1. The van der Waals surface area contributed by atoms with Gasteiger partial charge in [-0.25, -0.2) is 8.78 Å². The quantitative estimate of drug-likeness (QED) is 0.439. The predicted molar refractivity (Wildman–Crippen MR) is 106 cm³/mol. The molecule has 28 heavy (non-hydrogen) atoms. The second-order valence-corrected chi connectivity index (χ2v) is 7.10. The van der Waals surface area contributed by atoms with Gasteiger partial charge in [-0.2, -0.15) is 0 Å². The average Bonchev–Trinajstić information content (AvgIpc) is 2.65. The number of carbonyl (C=O) groups excluding carboxylic acids is 2. The fourth-order valence-electron chi connectivity index (χ4n) is 3.23. The highest BCUT2D eigenvalue weighted by Gasteiger charge is 2.29. The van der Waals surface area contributed by atoms with E-state index in [1.54, 1.807) is 36.4 Å². The minimum atomic E-state index is -0.823. The molecule has 0 heterocycles. The lowest BCUT2D eigenvalue weighted by Gasteiger charge is -2.27. The first-order valence-electron chi connectivity index (χ1n) is 9.47. The van der Waals surface area contributed by atoms with Crippen molar-refractivity contribution in [2.75, 3.05) is 0 Å². The van der Waals surface area contributed by atoms with Gasteiger partial charge in [-0.3, -0.25) is 9.59 Å². The maximum Gasteiger partial charge on any atom is 0.166 e. The molecular weight excluding hydrogens is 358 g/mol. The summed E-state index contributed by atoms with van der Waals surface area (Å²) in [7, 11) is 0. The molecule has 0 saturated heterocycles. The van der Waals surface area contributed by atoms with Crippen LogP contribution in [0.1, 0.15) is 36.8 Å². The molecule has 1 fully saturated rings. The predicted octanol–water partition coefficient (Wildman–Crippen LogP) is 5.64. The first-order chi connectivity index (χ1) is 13.5. The normalized spacial score (nSPS) is 14.7. The summed E-state index contributed by atoms with van der Waals surface area (Å²) in [5, 5.41) is 0. The van der Waals surface area contributed by atoms with Crippen LogP contribution >= 0.6 is 0 Å². The molecule has 0 radical (unpaired) electrons. The van der Waals surface area contributed by atoms with Crippen molar-refractivity contribution in [3.8, 4) is 0 Å². The molecule has 0 aromatic heterocycles. The van der Waals surface area contributed by atoms with Gasteiger partial charge in [0, 0.05) is 11.1 Å². The van der Waals surface area contributed by atoms with Gasteiger partial charge in [-0.05, 0) is 48.8 Å². The van der Waals surface area contributed by atoms with Crippen LogP contribution in [0.15, 0.2) is 60.7 Å². The second kappa shape index (κ2) is 9.36. The smallest absolute Gasteiger partial charge is 0.166 e. The molecule has 0 bridgehead atoms. The molecule has 2 nitrogen and oxygen atoms in total.